The van der Waals surface area contributed by atoms with Crippen molar-refractivity contribution in [2.75, 3.05) is 0 Å². The lowest BCUT2D eigenvalue weighted by molar-refractivity contribution is 0.641. The highest BCUT2D eigenvalue weighted by Gasteiger charge is 2.22. The Bertz CT molecular complexity index is 318. The van der Waals surface area contributed by atoms with E-state index >= 15 is 0 Å². The summed E-state index contributed by atoms with van der Waals surface area (Å²) < 4.78 is 0. The normalized spacial score (nSPS) is 27.3. The van der Waals surface area contributed by atoms with E-state index in [1.165, 1.54) is 17.6 Å². The van der Waals surface area contributed by atoms with Crippen LogP contribution in [0.2, 0.25) is 5.82 Å². The molecule has 0 fully saturated rings. The third-order valence-corrected chi connectivity index (χ3v) is 3.07. The maximum absolute atomic E-state index is 4.03. The maximum atomic E-state index is 4.03. The molecule has 1 aliphatic carbocycles. The van der Waals surface area contributed by atoms with Crippen molar-refractivity contribution >= 4 is 13.4 Å². The second-order valence-corrected chi connectivity index (χ2v) is 3.90. The molecular weight excluding hydrogens is 157 g/mol. The molecule has 0 aliphatic heterocycles. The number of pyridine rings is 1. The SMILES string of the molecule is BC1C(c2ccncc2)=CCC1C. The topological polar surface area (TPSA) is 12.9 Å². The van der Waals surface area contributed by atoms with Gasteiger partial charge in [0.05, 0.1) is 0 Å². The summed E-state index contributed by atoms with van der Waals surface area (Å²) >= 11 is 0. The molecule has 2 unspecified atom stereocenters. The van der Waals surface area contributed by atoms with Crippen LogP contribution in [0.5, 0.6) is 0 Å². The molecule has 2 atom stereocenters. The third kappa shape index (κ3) is 1.53. The molecule has 0 amide bonds. The van der Waals surface area contributed by atoms with E-state index in [0.29, 0.717) is 5.82 Å². The zero-order valence-electron chi connectivity index (χ0n) is 8.20. The minimum absolute atomic E-state index is 0.697. The fourth-order valence-corrected chi connectivity index (χ4v) is 1.93. The largest absolute Gasteiger partial charge is 0.265 e. The summed E-state index contributed by atoms with van der Waals surface area (Å²) in [6.07, 6.45) is 7.32. The maximum Gasteiger partial charge on any atom is 0.111 e. The lowest BCUT2D eigenvalue weighted by atomic mass is 9.74. The van der Waals surface area contributed by atoms with Crippen LogP contribution in [0, 0.1) is 5.92 Å². The average Bonchev–Trinajstić information content (AvgIpc) is 2.49. The van der Waals surface area contributed by atoms with Crippen molar-refractivity contribution in [3.63, 3.8) is 0 Å². The molecule has 2 heteroatoms. The van der Waals surface area contributed by atoms with Crippen LogP contribution in [0.1, 0.15) is 18.9 Å². The van der Waals surface area contributed by atoms with E-state index in [0.717, 1.165) is 5.92 Å². The van der Waals surface area contributed by atoms with Gasteiger partial charge in [-0.2, -0.15) is 0 Å². The van der Waals surface area contributed by atoms with E-state index in [1.807, 2.05) is 12.4 Å². The van der Waals surface area contributed by atoms with Crippen LogP contribution in [0.3, 0.4) is 0 Å². The van der Waals surface area contributed by atoms with E-state index in [9.17, 15) is 0 Å². The Kier molecular flexibility index (Phi) is 2.21. The number of rotatable bonds is 1. The quantitative estimate of drug-likeness (QED) is 0.588. The molecule has 0 aromatic carbocycles. The first-order valence-corrected chi connectivity index (χ1v) is 4.89. The molecular formula is C11H14BN. The zero-order chi connectivity index (χ0) is 9.26. The monoisotopic (exact) mass is 171 g/mol. The highest BCUT2D eigenvalue weighted by Crippen LogP contribution is 2.39. The van der Waals surface area contributed by atoms with Gasteiger partial charge in [-0.3, -0.25) is 4.98 Å². The van der Waals surface area contributed by atoms with Gasteiger partial charge in [0, 0.05) is 12.4 Å². The second-order valence-electron chi connectivity index (χ2n) is 3.90. The molecule has 1 aromatic heterocycles. The summed E-state index contributed by atoms with van der Waals surface area (Å²) in [5, 5.41) is 0. The van der Waals surface area contributed by atoms with Gasteiger partial charge >= 0.3 is 0 Å². The van der Waals surface area contributed by atoms with E-state index < -0.39 is 0 Å². The number of aromatic nitrogens is 1. The summed E-state index contributed by atoms with van der Waals surface area (Å²) in [4.78, 5) is 4.03. The molecule has 2 rings (SSSR count). The molecule has 0 saturated carbocycles. The van der Waals surface area contributed by atoms with E-state index in [1.54, 1.807) is 0 Å². The summed E-state index contributed by atoms with van der Waals surface area (Å²) in [6, 6.07) is 4.20. The van der Waals surface area contributed by atoms with Gasteiger partial charge in [0.25, 0.3) is 0 Å². The summed E-state index contributed by atoms with van der Waals surface area (Å²) in [5.41, 5.74) is 2.83. The molecule has 0 N–H and O–H groups in total. The molecule has 0 spiro atoms. The molecule has 1 nitrogen and oxygen atoms in total. The average molecular weight is 171 g/mol. The number of nitrogens with zero attached hydrogens (tertiary/aromatic N) is 1. The van der Waals surface area contributed by atoms with Crippen molar-refractivity contribution in [1.29, 1.82) is 0 Å². The Morgan fingerprint density at radius 3 is 2.62 bits per heavy atom. The Balaban J connectivity index is 2.29. The predicted octanol–water partition coefficient (Wildman–Crippen LogP) is 1.93. The van der Waals surface area contributed by atoms with Gasteiger partial charge in [-0.05, 0) is 41.4 Å². The fraction of sp³-hybridized carbons (Fsp3) is 0.364. The third-order valence-electron chi connectivity index (χ3n) is 3.07. The van der Waals surface area contributed by atoms with Crippen LogP contribution in [0.15, 0.2) is 30.6 Å². The van der Waals surface area contributed by atoms with E-state index in [-0.39, 0.29) is 0 Å². The van der Waals surface area contributed by atoms with Crippen LogP contribution in [0.25, 0.3) is 5.57 Å². The minimum atomic E-state index is 0.697. The smallest absolute Gasteiger partial charge is 0.111 e. The van der Waals surface area contributed by atoms with Gasteiger partial charge in [0.15, 0.2) is 0 Å². The lowest BCUT2D eigenvalue weighted by Crippen LogP contribution is -2.00. The van der Waals surface area contributed by atoms with Crippen molar-refractivity contribution in [3.8, 4) is 0 Å². The van der Waals surface area contributed by atoms with Crippen LogP contribution >= 0.6 is 0 Å². The molecule has 0 bridgehead atoms. The first kappa shape index (κ1) is 8.55. The number of hydrogen-bond donors (Lipinski definition) is 0. The van der Waals surface area contributed by atoms with Crippen LogP contribution in [-0.2, 0) is 0 Å². The highest BCUT2D eigenvalue weighted by atomic mass is 14.6. The van der Waals surface area contributed by atoms with Crippen molar-refractivity contribution < 1.29 is 0 Å². The van der Waals surface area contributed by atoms with Crippen LogP contribution in [0.4, 0.5) is 0 Å². The van der Waals surface area contributed by atoms with E-state index in [2.05, 4.69) is 38.0 Å². The fourth-order valence-electron chi connectivity index (χ4n) is 1.93. The molecule has 1 aliphatic rings. The molecule has 1 aromatic rings. The Labute approximate surface area is 80.3 Å². The number of allylic oxidation sites excluding steroid dienone is 2. The van der Waals surface area contributed by atoms with Crippen molar-refractivity contribution in [2.24, 2.45) is 5.92 Å². The summed E-state index contributed by atoms with van der Waals surface area (Å²) in [5.74, 6) is 1.49. The lowest BCUT2D eigenvalue weighted by Gasteiger charge is -2.14. The van der Waals surface area contributed by atoms with E-state index in [4.69, 9.17) is 0 Å². The zero-order valence-corrected chi connectivity index (χ0v) is 8.20. The first-order valence-electron chi connectivity index (χ1n) is 4.89. The Morgan fingerprint density at radius 1 is 1.38 bits per heavy atom. The minimum Gasteiger partial charge on any atom is -0.265 e. The molecule has 0 saturated heterocycles. The summed E-state index contributed by atoms with van der Waals surface area (Å²) in [7, 11) is 2.31. The van der Waals surface area contributed by atoms with Crippen LogP contribution < -0.4 is 0 Å². The van der Waals surface area contributed by atoms with Crippen molar-refractivity contribution in [3.05, 3.63) is 36.2 Å². The van der Waals surface area contributed by atoms with Gasteiger partial charge in [0.1, 0.15) is 7.85 Å². The Morgan fingerprint density at radius 2 is 2.08 bits per heavy atom. The standard InChI is InChI=1S/C11H14BN/c1-8-2-3-10(11(8)12)9-4-6-13-7-5-9/h3-8,11H,2,12H2,1H3. The predicted molar refractivity (Wildman–Crippen MR) is 58.3 cm³/mol. The highest BCUT2D eigenvalue weighted by molar-refractivity contribution is 6.19. The van der Waals surface area contributed by atoms with Crippen LogP contribution in [-0.4, -0.2) is 12.8 Å². The molecule has 66 valence electrons. The van der Waals surface area contributed by atoms with Crippen molar-refractivity contribution in [1.82, 2.24) is 4.98 Å². The van der Waals surface area contributed by atoms with Gasteiger partial charge < -0.3 is 0 Å². The van der Waals surface area contributed by atoms with Gasteiger partial charge in [-0.25, -0.2) is 0 Å². The second kappa shape index (κ2) is 3.37. The molecule has 1 heterocycles. The first-order chi connectivity index (χ1) is 6.29. The molecule has 13 heavy (non-hydrogen) atoms. The number of hydrogen-bond acceptors (Lipinski definition) is 1. The van der Waals surface area contributed by atoms with Gasteiger partial charge in [-0.1, -0.05) is 13.0 Å². The van der Waals surface area contributed by atoms with Gasteiger partial charge in [-0.15, -0.1) is 0 Å². The summed E-state index contributed by atoms with van der Waals surface area (Å²) in [6.45, 7) is 2.31. The van der Waals surface area contributed by atoms with Gasteiger partial charge in [0.2, 0.25) is 0 Å². The molecule has 0 radical (unpaired) electrons. The van der Waals surface area contributed by atoms with Crippen molar-refractivity contribution in [2.45, 2.75) is 19.2 Å². The Hall–Kier alpha value is -1.05.